The lowest BCUT2D eigenvalue weighted by molar-refractivity contribution is -0.880. The van der Waals surface area contributed by atoms with Crippen LogP contribution in [0, 0.1) is 0 Å². The molecule has 0 aliphatic rings. The Labute approximate surface area is 79.0 Å². The van der Waals surface area contributed by atoms with Crippen LogP contribution in [0.1, 0.15) is 13.3 Å². The van der Waals surface area contributed by atoms with Gasteiger partial charge in [0.05, 0.1) is 21.1 Å². The van der Waals surface area contributed by atoms with Gasteiger partial charge in [0.25, 0.3) is 0 Å². The maximum absolute atomic E-state index is 11.0. The second-order valence-corrected chi connectivity index (χ2v) is 8.32. The van der Waals surface area contributed by atoms with E-state index in [2.05, 4.69) is 0 Å². The Morgan fingerprint density at radius 1 is 1.33 bits per heavy atom. The molecule has 1 atom stereocenters. The zero-order valence-corrected chi connectivity index (χ0v) is 10.00. The van der Waals surface area contributed by atoms with Crippen molar-refractivity contribution in [1.29, 1.82) is 0 Å². The first-order valence-corrected chi connectivity index (χ1v) is 7.15. The highest BCUT2D eigenvalue weighted by molar-refractivity contribution is 8.71. The van der Waals surface area contributed by atoms with Crippen molar-refractivity contribution < 1.29 is 12.9 Å². The molecule has 5 heteroatoms. The summed E-state index contributed by atoms with van der Waals surface area (Å²) >= 11 is 0. The van der Waals surface area contributed by atoms with Gasteiger partial charge >= 0.3 is 0 Å². The van der Waals surface area contributed by atoms with Gasteiger partial charge < -0.3 is 4.48 Å². The zero-order chi connectivity index (χ0) is 9.99. The summed E-state index contributed by atoms with van der Waals surface area (Å²) in [5.41, 5.74) is 0. The minimum atomic E-state index is -2.92. The van der Waals surface area contributed by atoms with Gasteiger partial charge in [-0.2, -0.15) is 0 Å². The van der Waals surface area contributed by atoms with Crippen LogP contribution in [0.3, 0.4) is 0 Å². The van der Waals surface area contributed by atoms with Crippen molar-refractivity contribution in [2.24, 2.45) is 0 Å². The highest BCUT2D eigenvalue weighted by atomic mass is 33.1. The van der Waals surface area contributed by atoms with Crippen LogP contribution in [0.5, 0.6) is 0 Å². The normalized spacial score (nSPS) is 16.1. The lowest BCUT2D eigenvalue weighted by Crippen LogP contribution is -2.43. The molecular formula is C7H18NO2S2+. The van der Waals surface area contributed by atoms with E-state index in [1.165, 1.54) is 6.26 Å². The van der Waals surface area contributed by atoms with Gasteiger partial charge in [0.2, 0.25) is 8.87 Å². The van der Waals surface area contributed by atoms with Crippen molar-refractivity contribution in [1.82, 2.24) is 0 Å². The van der Waals surface area contributed by atoms with E-state index in [0.717, 1.165) is 17.2 Å². The SMILES string of the molecule is CCC(SS(C)(=O)=O)[N+](C)(C)C. The van der Waals surface area contributed by atoms with Crippen LogP contribution < -0.4 is 0 Å². The summed E-state index contributed by atoms with van der Waals surface area (Å²) in [6.07, 6.45) is 2.12. The molecule has 3 nitrogen and oxygen atoms in total. The molecule has 0 heterocycles. The van der Waals surface area contributed by atoms with Crippen LogP contribution in [0.4, 0.5) is 0 Å². The molecule has 74 valence electrons. The minimum Gasteiger partial charge on any atom is -0.319 e. The van der Waals surface area contributed by atoms with Crippen molar-refractivity contribution in [2.75, 3.05) is 27.4 Å². The van der Waals surface area contributed by atoms with Gasteiger partial charge in [-0.3, -0.25) is 0 Å². The fourth-order valence-electron chi connectivity index (χ4n) is 0.947. The second kappa shape index (κ2) is 3.98. The van der Waals surface area contributed by atoms with E-state index in [4.69, 9.17) is 0 Å². The molecular weight excluding hydrogens is 194 g/mol. The van der Waals surface area contributed by atoms with Crippen molar-refractivity contribution in [3.05, 3.63) is 0 Å². The Morgan fingerprint density at radius 2 is 1.75 bits per heavy atom. The Bertz CT molecular complexity index is 228. The third kappa shape index (κ3) is 5.00. The van der Waals surface area contributed by atoms with Gasteiger partial charge in [-0.1, -0.05) is 6.92 Å². The summed E-state index contributed by atoms with van der Waals surface area (Å²) in [7, 11) is 4.15. The molecule has 0 rings (SSSR count). The highest BCUT2D eigenvalue weighted by Crippen LogP contribution is 2.25. The van der Waals surface area contributed by atoms with Gasteiger partial charge in [-0.25, -0.2) is 8.42 Å². The molecule has 0 bridgehead atoms. The first-order valence-electron chi connectivity index (χ1n) is 3.86. The van der Waals surface area contributed by atoms with E-state index in [9.17, 15) is 8.42 Å². The van der Waals surface area contributed by atoms with Crippen molar-refractivity contribution in [2.45, 2.75) is 18.7 Å². The molecule has 0 aromatic heterocycles. The summed E-state index contributed by atoms with van der Waals surface area (Å²) < 4.78 is 22.7. The van der Waals surface area contributed by atoms with E-state index in [0.29, 0.717) is 4.48 Å². The van der Waals surface area contributed by atoms with E-state index < -0.39 is 8.87 Å². The van der Waals surface area contributed by atoms with Crippen LogP contribution in [0.2, 0.25) is 0 Å². The van der Waals surface area contributed by atoms with E-state index in [1.807, 2.05) is 28.1 Å². The van der Waals surface area contributed by atoms with Gasteiger partial charge in [-0.15, -0.1) is 0 Å². The third-order valence-corrected chi connectivity index (χ3v) is 4.75. The number of quaternary nitrogens is 1. The average Bonchev–Trinajstić information content (AvgIpc) is 1.78. The number of rotatable bonds is 4. The number of hydrogen-bond acceptors (Lipinski definition) is 3. The zero-order valence-electron chi connectivity index (χ0n) is 8.36. The fraction of sp³-hybridized carbons (Fsp3) is 1.00. The van der Waals surface area contributed by atoms with Gasteiger partial charge in [-0.05, 0) is 0 Å². The number of nitrogens with zero attached hydrogens (tertiary/aromatic N) is 1. The molecule has 0 aliphatic heterocycles. The molecule has 0 saturated heterocycles. The summed E-state index contributed by atoms with van der Waals surface area (Å²) in [4.78, 5) is 0. The molecule has 1 unspecified atom stereocenters. The first-order chi connectivity index (χ1) is 5.17. The highest BCUT2D eigenvalue weighted by Gasteiger charge is 2.26. The molecule has 12 heavy (non-hydrogen) atoms. The Balaban J connectivity index is 4.41. The molecule has 0 amide bonds. The summed E-state index contributed by atoms with van der Waals surface area (Å²) in [5, 5.41) is 0.125. The van der Waals surface area contributed by atoms with Crippen molar-refractivity contribution >= 4 is 19.7 Å². The minimum absolute atomic E-state index is 0.125. The molecule has 0 N–H and O–H groups in total. The predicted octanol–water partition coefficient (Wildman–Crippen LogP) is 1.12. The first kappa shape index (κ1) is 12.3. The lowest BCUT2D eigenvalue weighted by Gasteiger charge is -2.31. The van der Waals surface area contributed by atoms with Crippen LogP contribution in [-0.4, -0.2) is 45.7 Å². The molecule has 0 aliphatic carbocycles. The molecule has 0 saturated carbocycles. The standard InChI is InChI=1S/C7H18NO2S2/c1-6-7(8(2,3)4)11-12(5,9)10/h7H,6H2,1-5H3/q+1. The molecule has 0 aromatic carbocycles. The van der Waals surface area contributed by atoms with E-state index >= 15 is 0 Å². The van der Waals surface area contributed by atoms with Crippen LogP contribution in [0.15, 0.2) is 0 Å². The van der Waals surface area contributed by atoms with Gasteiger partial charge in [0.1, 0.15) is 5.37 Å². The smallest absolute Gasteiger partial charge is 0.204 e. The van der Waals surface area contributed by atoms with Gasteiger partial charge in [0, 0.05) is 23.5 Å². The second-order valence-electron chi connectivity index (χ2n) is 3.78. The average molecular weight is 212 g/mol. The molecule has 0 spiro atoms. The molecule has 0 fully saturated rings. The van der Waals surface area contributed by atoms with E-state index in [1.54, 1.807) is 0 Å². The summed E-state index contributed by atoms with van der Waals surface area (Å²) in [5.74, 6) is 0. The van der Waals surface area contributed by atoms with Crippen LogP contribution in [-0.2, 0) is 8.87 Å². The number of hydrogen-bond donors (Lipinski definition) is 0. The van der Waals surface area contributed by atoms with Crippen molar-refractivity contribution in [3.8, 4) is 0 Å². The topological polar surface area (TPSA) is 34.1 Å². The Hall–Kier alpha value is 0.260. The van der Waals surface area contributed by atoms with Crippen LogP contribution >= 0.6 is 10.8 Å². The Kier molecular flexibility index (Phi) is 4.07. The largest absolute Gasteiger partial charge is 0.319 e. The quantitative estimate of drug-likeness (QED) is 0.398. The third-order valence-electron chi connectivity index (χ3n) is 1.50. The Morgan fingerprint density at radius 3 is 1.83 bits per heavy atom. The van der Waals surface area contributed by atoms with Crippen molar-refractivity contribution in [3.63, 3.8) is 0 Å². The monoisotopic (exact) mass is 212 g/mol. The summed E-state index contributed by atoms with van der Waals surface area (Å²) in [6, 6.07) is 0. The molecule has 0 radical (unpaired) electrons. The van der Waals surface area contributed by atoms with Crippen LogP contribution in [0.25, 0.3) is 0 Å². The maximum atomic E-state index is 11.0. The van der Waals surface area contributed by atoms with E-state index in [-0.39, 0.29) is 5.37 Å². The fourth-order valence-corrected chi connectivity index (χ4v) is 4.14. The lowest BCUT2D eigenvalue weighted by atomic mass is 10.4. The molecule has 0 aromatic rings. The predicted molar refractivity (Wildman–Crippen MR) is 54.5 cm³/mol. The van der Waals surface area contributed by atoms with Gasteiger partial charge in [0.15, 0.2) is 0 Å². The summed E-state index contributed by atoms with van der Waals surface area (Å²) in [6.45, 7) is 2.01. The maximum Gasteiger partial charge on any atom is 0.204 e.